The number of halogens is 1. The van der Waals surface area contributed by atoms with Crippen molar-refractivity contribution in [3.63, 3.8) is 0 Å². The number of terminal acetylenes is 1. The van der Waals surface area contributed by atoms with Crippen molar-refractivity contribution >= 4 is 41.7 Å². The smallest absolute Gasteiger partial charge is 0.193 e. The second-order valence-corrected chi connectivity index (χ2v) is 6.63. The lowest BCUT2D eigenvalue weighted by Crippen LogP contribution is -2.49. The Morgan fingerprint density at radius 3 is 3.04 bits per heavy atom. The number of nitrogens with one attached hydrogen (secondary N) is 1. The van der Waals surface area contributed by atoms with E-state index < -0.39 is 0 Å². The van der Waals surface area contributed by atoms with Gasteiger partial charge in [-0.1, -0.05) is 12.8 Å². The lowest BCUT2D eigenvalue weighted by Gasteiger charge is -2.39. The number of nitrogens with zero attached hydrogens (tertiary/aromatic N) is 4. The van der Waals surface area contributed by atoms with Gasteiger partial charge in [-0.25, -0.2) is 4.98 Å². The van der Waals surface area contributed by atoms with Crippen LogP contribution >= 0.6 is 35.7 Å². The van der Waals surface area contributed by atoms with Gasteiger partial charge in [0.05, 0.1) is 18.1 Å². The van der Waals surface area contributed by atoms with Gasteiger partial charge < -0.3 is 14.8 Å². The molecule has 2 unspecified atom stereocenters. The predicted molar refractivity (Wildman–Crippen MR) is 110 cm³/mol. The third-order valence-corrected chi connectivity index (χ3v) is 4.92. The maximum atomic E-state index is 5.26. The lowest BCUT2D eigenvalue weighted by molar-refractivity contribution is 0.189. The molecule has 0 aliphatic carbocycles. The fourth-order valence-corrected chi connectivity index (χ4v) is 3.30. The Bertz CT molecular complexity index is 511. The molecule has 1 aromatic rings. The van der Waals surface area contributed by atoms with E-state index in [1.54, 1.807) is 11.8 Å². The van der Waals surface area contributed by atoms with Gasteiger partial charge in [0.2, 0.25) is 0 Å². The van der Waals surface area contributed by atoms with Crippen molar-refractivity contribution in [2.45, 2.75) is 19.4 Å². The molecule has 7 heteroatoms. The Morgan fingerprint density at radius 2 is 2.39 bits per heavy atom. The molecule has 1 aliphatic rings. The highest BCUT2D eigenvalue weighted by Crippen LogP contribution is 2.27. The Kier molecular flexibility index (Phi) is 9.48. The summed E-state index contributed by atoms with van der Waals surface area (Å²) in [5.74, 6) is 6.04. The van der Waals surface area contributed by atoms with Crippen LogP contribution in [0.3, 0.4) is 0 Å². The summed E-state index contributed by atoms with van der Waals surface area (Å²) in [6.45, 7) is 5.22. The molecule has 128 valence electrons. The van der Waals surface area contributed by atoms with Crippen molar-refractivity contribution in [1.29, 1.82) is 0 Å². The third-order valence-electron chi connectivity index (χ3n) is 4.05. The van der Waals surface area contributed by atoms with Crippen molar-refractivity contribution in [2.24, 2.45) is 10.9 Å². The van der Waals surface area contributed by atoms with Crippen LogP contribution in [-0.2, 0) is 0 Å². The highest BCUT2D eigenvalue weighted by molar-refractivity contribution is 14.0. The molecule has 2 rings (SSSR count). The molecule has 1 fully saturated rings. The van der Waals surface area contributed by atoms with Gasteiger partial charge in [0.1, 0.15) is 0 Å². The van der Waals surface area contributed by atoms with Crippen LogP contribution in [0, 0.1) is 18.3 Å². The standard InChI is InChI=1S/C16H25N5S.HI/c1-4-10-22-11-7-19-16(17-3)20-8-5-14(2)15(12-20)21-9-6-18-13-21;/h1,6,9,13-15H,5,7-8,10-12H2,2-3H3,(H,17,19);1H. The van der Waals surface area contributed by atoms with Crippen molar-refractivity contribution in [2.75, 3.05) is 38.2 Å². The van der Waals surface area contributed by atoms with E-state index in [-0.39, 0.29) is 24.0 Å². The number of aromatic nitrogens is 2. The van der Waals surface area contributed by atoms with Crippen molar-refractivity contribution in [3.05, 3.63) is 18.7 Å². The van der Waals surface area contributed by atoms with E-state index in [9.17, 15) is 0 Å². The molecule has 0 spiro atoms. The molecular formula is C16H26IN5S. The molecule has 0 saturated carbocycles. The van der Waals surface area contributed by atoms with Crippen LogP contribution in [0.15, 0.2) is 23.7 Å². The van der Waals surface area contributed by atoms with E-state index in [4.69, 9.17) is 6.42 Å². The number of rotatable bonds is 5. The first kappa shape index (κ1) is 20.2. The van der Waals surface area contributed by atoms with Gasteiger partial charge in [-0.2, -0.15) is 0 Å². The van der Waals surface area contributed by atoms with E-state index in [1.807, 2.05) is 19.6 Å². The summed E-state index contributed by atoms with van der Waals surface area (Å²) < 4.78 is 2.22. The van der Waals surface area contributed by atoms with E-state index in [1.165, 1.54) is 0 Å². The summed E-state index contributed by atoms with van der Waals surface area (Å²) in [6.07, 6.45) is 12.2. The second kappa shape index (κ2) is 10.8. The van der Waals surface area contributed by atoms with Crippen molar-refractivity contribution < 1.29 is 0 Å². The zero-order valence-electron chi connectivity index (χ0n) is 13.8. The summed E-state index contributed by atoms with van der Waals surface area (Å²) >= 11 is 1.77. The normalized spacial score (nSPS) is 21.4. The molecule has 1 aromatic heterocycles. The van der Waals surface area contributed by atoms with Gasteiger partial charge in [0, 0.05) is 44.8 Å². The molecule has 5 nitrogen and oxygen atoms in total. The molecule has 0 amide bonds. The van der Waals surface area contributed by atoms with Crippen LogP contribution in [0.5, 0.6) is 0 Å². The highest BCUT2D eigenvalue weighted by Gasteiger charge is 2.28. The zero-order valence-corrected chi connectivity index (χ0v) is 17.0. The quantitative estimate of drug-likeness (QED) is 0.248. The fourth-order valence-electron chi connectivity index (χ4n) is 2.79. The summed E-state index contributed by atoms with van der Waals surface area (Å²) in [5.41, 5.74) is 0. The number of piperidine rings is 1. The Hall–Kier alpha value is -0.880. The first-order valence-corrected chi connectivity index (χ1v) is 8.86. The number of imidazole rings is 1. The second-order valence-electron chi connectivity index (χ2n) is 5.52. The van der Waals surface area contributed by atoms with Gasteiger partial charge in [-0.15, -0.1) is 42.2 Å². The minimum atomic E-state index is 0. The van der Waals surface area contributed by atoms with Crippen LogP contribution in [0.4, 0.5) is 0 Å². The van der Waals surface area contributed by atoms with Gasteiger partial charge in [-0.3, -0.25) is 4.99 Å². The van der Waals surface area contributed by atoms with Gasteiger partial charge >= 0.3 is 0 Å². The highest BCUT2D eigenvalue weighted by atomic mass is 127. The average Bonchev–Trinajstić information content (AvgIpc) is 3.06. The number of hydrogen-bond donors (Lipinski definition) is 1. The van der Waals surface area contributed by atoms with Crippen LogP contribution in [0.2, 0.25) is 0 Å². The topological polar surface area (TPSA) is 45.5 Å². The molecule has 0 bridgehead atoms. The maximum Gasteiger partial charge on any atom is 0.193 e. The van der Waals surface area contributed by atoms with Crippen LogP contribution in [-0.4, -0.2) is 58.6 Å². The fraction of sp³-hybridized carbons (Fsp3) is 0.625. The number of guanidine groups is 1. The number of likely N-dealkylation sites (tertiary alicyclic amines) is 1. The molecule has 1 aliphatic heterocycles. The van der Waals surface area contributed by atoms with E-state index >= 15 is 0 Å². The lowest BCUT2D eigenvalue weighted by atomic mass is 9.93. The number of thioether (sulfide) groups is 1. The molecule has 2 atom stereocenters. The molecule has 23 heavy (non-hydrogen) atoms. The third kappa shape index (κ3) is 5.92. The minimum absolute atomic E-state index is 0. The largest absolute Gasteiger partial charge is 0.355 e. The van der Waals surface area contributed by atoms with E-state index in [2.05, 4.69) is 43.8 Å². The Balaban J connectivity index is 0.00000264. The van der Waals surface area contributed by atoms with E-state index in [0.717, 1.165) is 43.5 Å². The summed E-state index contributed by atoms with van der Waals surface area (Å²) in [4.78, 5) is 11.0. The molecule has 2 heterocycles. The van der Waals surface area contributed by atoms with Crippen molar-refractivity contribution in [1.82, 2.24) is 19.8 Å². The van der Waals surface area contributed by atoms with Crippen LogP contribution in [0.25, 0.3) is 0 Å². The Morgan fingerprint density at radius 1 is 1.57 bits per heavy atom. The van der Waals surface area contributed by atoms with Crippen molar-refractivity contribution in [3.8, 4) is 12.3 Å². The maximum absolute atomic E-state index is 5.26. The van der Waals surface area contributed by atoms with Gasteiger partial charge in [-0.05, 0) is 12.3 Å². The van der Waals surface area contributed by atoms with Gasteiger partial charge in [0.15, 0.2) is 5.96 Å². The Labute approximate surface area is 160 Å². The number of hydrogen-bond acceptors (Lipinski definition) is 3. The summed E-state index contributed by atoms with van der Waals surface area (Å²) in [7, 11) is 1.85. The molecule has 0 radical (unpaired) electrons. The summed E-state index contributed by atoms with van der Waals surface area (Å²) in [6, 6.07) is 0.450. The first-order chi connectivity index (χ1) is 10.8. The first-order valence-electron chi connectivity index (χ1n) is 7.70. The predicted octanol–water partition coefficient (Wildman–Crippen LogP) is 2.33. The zero-order chi connectivity index (χ0) is 15.8. The minimum Gasteiger partial charge on any atom is -0.355 e. The van der Waals surface area contributed by atoms with Crippen LogP contribution < -0.4 is 5.32 Å². The van der Waals surface area contributed by atoms with Gasteiger partial charge in [0.25, 0.3) is 0 Å². The van der Waals surface area contributed by atoms with Crippen LogP contribution in [0.1, 0.15) is 19.4 Å². The molecule has 1 saturated heterocycles. The molecule has 0 aromatic carbocycles. The molecular weight excluding hydrogens is 421 g/mol. The summed E-state index contributed by atoms with van der Waals surface area (Å²) in [5, 5.41) is 3.44. The van der Waals surface area contributed by atoms with E-state index in [0.29, 0.717) is 12.0 Å². The monoisotopic (exact) mass is 447 g/mol. The molecule has 1 N–H and O–H groups in total. The SMILES string of the molecule is C#CCSCCNC(=NC)N1CCC(C)C(n2ccnc2)C1.I. The number of aliphatic imine (C=N–C) groups is 1. The average molecular weight is 447 g/mol.